The second-order valence-electron chi connectivity index (χ2n) is 5.42. The maximum atomic E-state index is 5.89. The van der Waals surface area contributed by atoms with Crippen LogP contribution in [0.15, 0.2) is 24.3 Å². The van der Waals surface area contributed by atoms with Crippen LogP contribution in [0.5, 0.6) is 0 Å². The summed E-state index contributed by atoms with van der Waals surface area (Å²) in [6.45, 7) is 5.56. The fourth-order valence-corrected chi connectivity index (χ4v) is 2.42. The lowest BCUT2D eigenvalue weighted by Gasteiger charge is -2.25. The standard InChI is InChI=1S/C15H22N6O/c1-11-2-4-12(5-3-11)17-13(10-16)14-18-15(20-19-14)21-6-8-22-9-7-21/h2-5,13,17H,6-10,16H2,1H3,(H,18,19,20). The maximum absolute atomic E-state index is 5.89. The smallest absolute Gasteiger partial charge is 0.244 e. The number of hydrogen-bond acceptors (Lipinski definition) is 6. The SMILES string of the molecule is Cc1ccc(NC(CN)c2nc(N3CCOCC3)n[nH]2)cc1. The number of benzene rings is 1. The number of hydrogen-bond donors (Lipinski definition) is 3. The lowest BCUT2D eigenvalue weighted by Crippen LogP contribution is -2.37. The van der Waals surface area contributed by atoms with Crippen molar-refractivity contribution in [3.05, 3.63) is 35.7 Å². The van der Waals surface area contributed by atoms with Gasteiger partial charge in [0, 0.05) is 25.3 Å². The molecule has 0 amide bonds. The molecule has 7 heteroatoms. The van der Waals surface area contributed by atoms with Crippen LogP contribution in [0, 0.1) is 6.92 Å². The van der Waals surface area contributed by atoms with Crippen molar-refractivity contribution in [2.24, 2.45) is 5.73 Å². The number of morpholine rings is 1. The lowest BCUT2D eigenvalue weighted by molar-refractivity contribution is 0.122. The molecule has 1 aliphatic rings. The van der Waals surface area contributed by atoms with Gasteiger partial charge in [-0.2, -0.15) is 4.98 Å². The van der Waals surface area contributed by atoms with Crippen LogP contribution >= 0.6 is 0 Å². The molecule has 118 valence electrons. The van der Waals surface area contributed by atoms with Crippen molar-refractivity contribution >= 4 is 11.6 Å². The molecule has 0 bridgehead atoms. The summed E-state index contributed by atoms with van der Waals surface area (Å²) in [5, 5.41) is 10.7. The van der Waals surface area contributed by atoms with Gasteiger partial charge in [0.2, 0.25) is 5.95 Å². The van der Waals surface area contributed by atoms with Gasteiger partial charge in [-0.25, -0.2) is 0 Å². The van der Waals surface area contributed by atoms with E-state index < -0.39 is 0 Å². The highest BCUT2D eigenvalue weighted by Crippen LogP contribution is 2.18. The minimum atomic E-state index is -0.0926. The van der Waals surface area contributed by atoms with Gasteiger partial charge in [0.1, 0.15) is 5.82 Å². The molecule has 7 nitrogen and oxygen atoms in total. The molecule has 1 saturated heterocycles. The van der Waals surface area contributed by atoms with Crippen LogP contribution < -0.4 is 16.0 Å². The number of aromatic nitrogens is 3. The summed E-state index contributed by atoms with van der Waals surface area (Å²) in [6, 6.07) is 8.12. The maximum Gasteiger partial charge on any atom is 0.244 e. The first-order valence-electron chi connectivity index (χ1n) is 7.54. The Kier molecular flexibility index (Phi) is 4.55. The van der Waals surface area contributed by atoms with E-state index in [4.69, 9.17) is 10.5 Å². The summed E-state index contributed by atoms with van der Waals surface area (Å²) >= 11 is 0. The molecule has 22 heavy (non-hydrogen) atoms. The van der Waals surface area contributed by atoms with Crippen molar-refractivity contribution in [3.8, 4) is 0 Å². The predicted molar refractivity (Wildman–Crippen MR) is 86.0 cm³/mol. The van der Waals surface area contributed by atoms with Crippen LogP contribution in [-0.4, -0.2) is 48.0 Å². The van der Waals surface area contributed by atoms with Crippen molar-refractivity contribution in [2.45, 2.75) is 13.0 Å². The summed E-state index contributed by atoms with van der Waals surface area (Å²) in [7, 11) is 0. The molecule has 0 saturated carbocycles. The van der Waals surface area contributed by atoms with E-state index in [1.54, 1.807) is 0 Å². The highest BCUT2D eigenvalue weighted by molar-refractivity contribution is 5.46. The Hall–Kier alpha value is -2.12. The van der Waals surface area contributed by atoms with E-state index in [1.165, 1.54) is 5.56 Å². The molecule has 0 aliphatic carbocycles. The van der Waals surface area contributed by atoms with Gasteiger partial charge < -0.3 is 20.7 Å². The minimum Gasteiger partial charge on any atom is -0.378 e. The molecule has 2 aromatic rings. The van der Waals surface area contributed by atoms with Gasteiger partial charge in [-0.05, 0) is 19.1 Å². The molecular weight excluding hydrogens is 280 g/mol. The quantitative estimate of drug-likeness (QED) is 0.765. The average Bonchev–Trinajstić information content (AvgIpc) is 3.05. The van der Waals surface area contributed by atoms with Gasteiger partial charge in [0.25, 0.3) is 0 Å². The van der Waals surface area contributed by atoms with Crippen LogP contribution in [0.3, 0.4) is 0 Å². The van der Waals surface area contributed by atoms with Crippen molar-refractivity contribution < 1.29 is 4.74 Å². The molecule has 1 aromatic carbocycles. The number of aryl methyl sites for hydroxylation is 1. The van der Waals surface area contributed by atoms with E-state index in [-0.39, 0.29) is 6.04 Å². The normalized spacial score (nSPS) is 16.5. The molecular formula is C15H22N6O. The number of nitrogens with two attached hydrogens (primary N) is 1. The molecule has 0 spiro atoms. The first kappa shape index (κ1) is 14.8. The molecule has 1 aromatic heterocycles. The van der Waals surface area contributed by atoms with Crippen molar-refractivity contribution in [1.82, 2.24) is 15.2 Å². The van der Waals surface area contributed by atoms with Crippen molar-refractivity contribution in [2.75, 3.05) is 43.1 Å². The Balaban J connectivity index is 1.70. The monoisotopic (exact) mass is 302 g/mol. The Morgan fingerprint density at radius 1 is 1.32 bits per heavy atom. The van der Waals surface area contributed by atoms with Crippen LogP contribution in [-0.2, 0) is 4.74 Å². The molecule has 1 aliphatic heterocycles. The Morgan fingerprint density at radius 3 is 2.73 bits per heavy atom. The van der Waals surface area contributed by atoms with Crippen molar-refractivity contribution in [1.29, 1.82) is 0 Å². The highest BCUT2D eigenvalue weighted by Gasteiger charge is 2.19. The topological polar surface area (TPSA) is 92.1 Å². The minimum absolute atomic E-state index is 0.0926. The first-order chi connectivity index (χ1) is 10.8. The summed E-state index contributed by atoms with van der Waals surface area (Å²) in [6.07, 6.45) is 0. The fraction of sp³-hybridized carbons (Fsp3) is 0.467. The zero-order valence-electron chi connectivity index (χ0n) is 12.7. The molecule has 1 fully saturated rings. The number of anilines is 2. The summed E-state index contributed by atoms with van der Waals surface area (Å²) < 4.78 is 5.35. The highest BCUT2D eigenvalue weighted by atomic mass is 16.5. The van der Waals surface area contributed by atoms with E-state index in [9.17, 15) is 0 Å². The number of aromatic amines is 1. The van der Waals surface area contributed by atoms with Crippen LogP contribution in [0.4, 0.5) is 11.6 Å². The molecule has 4 N–H and O–H groups in total. The predicted octanol–water partition coefficient (Wildman–Crippen LogP) is 1.06. The zero-order valence-corrected chi connectivity index (χ0v) is 12.7. The summed E-state index contributed by atoms with van der Waals surface area (Å²) in [5.74, 6) is 1.46. The molecule has 1 atom stereocenters. The third kappa shape index (κ3) is 3.37. The van der Waals surface area contributed by atoms with E-state index in [0.29, 0.717) is 25.7 Å². The summed E-state index contributed by atoms with van der Waals surface area (Å²) in [5.41, 5.74) is 8.13. The van der Waals surface area contributed by atoms with E-state index >= 15 is 0 Å². The number of nitrogens with zero attached hydrogens (tertiary/aromatic N) is 3. The second-order valence-corrected chi connectivity index (χ2v) is 5.42. The van der Waals surface area contributed by atoms with E-state index in [2.05, 4.69) is 44.5 Å². The first-order valence-corrected chi connectivity index (χ1v) is 7.54. The van der Waals surface area contributed by atoms with Gasteiger partial charge in [0.15, 0.2) is 0 Å². The van der Waals surface area contributed by atoms with Gasteiger partial charge >= 0.3 is 0 Å². The second kappa shape index (κ2) is 6.76. The average molecular weight is 302 g/mol. The Morgan fingerprint density at radius 2 is 2.05 bits per heavy atom. The lowest BCUT2D eigenvalue weighted by atomic mass is 10.2. The van der Waals surface area contributed by atoms with Gasteiger partial charge in [-0.3, -0.25) is 5.10 Å². The van der Waals surface area contributed by atoms with Crippen LogP contribution in [0.2, 0.25) is 0 Å². The van der Waals surface area contributed by atoms with E-state index in [0.717, 1.165) is 24.6 Å². The van der Waals surface area contributed by atoms with Gasteiger partial charge in [0.05, 0.1) is 19.3 Å². The molecule has 0 radical (unpaired) electrons. The molecule has 2 heterocycles. The summed E-state index contributed by atoms with van der Waals surface area (Å²) in [4.78, 5) is 6.69. The number of nitrogens with one attached hydrogen (secondary N) is 2. The van der Waals surface area contributed by atoms with Gasteiger partial charge in [-0.15, -0.1) is 5.10 Å². The number of rotatable bonds is 5. The third-order valence-electron chi connectivity index (χ3n) is 3.74. The Labute approximate surface area is 129 Å². The number of H-pyrrole nitrogens is 1. The zero-order chi connectivity index (χ0) is 15.4. The van der Waals surface area contributed by atoms with Crippen molar-refractivity contribution in [3.63, 3.8) is 0 Å². The largest absolute Gasteiger partial charge is 0.378 e. The fourth-order valence-electron chi connectivity index (χ4n) is 2.42. The molecule has 3 rings (SSSR count). The van der Waals surface area contributed by atoms with Crippen LogP contribution in [0.25, 0.3) is 0 Å². The Bertz CT molecular complexity index is 590. The third-order valence-corrected chi connectivity index (χ3v) is 3.74. The van der Waals surface area contributed by atoms with Crippen LogP contribution in [0.1, 0.15) is 17.4 Å². The van der Waals surface area contributed by atoms with Gasteiger partial charge in [-0.1, -0.05) is 17.7 Å². The van der Waals surface area contributed by atoms with E-state index in [1.807, 2.05) is 12.1 Å². The molecule has 1 unspecified atom stereocenters. The number of ether oxygens (including phenoxy) is 1.